The molecule has 0 aliphatic carbocycles. The van der Waals surface area contributed by atoms with Gasteiger partial charge in [-0.25, -0.2) is 15.0 Å². The first-order valence-corrected chi connectivity index (χ1v) is 7.52. The second-order valence-corrected chi connectivity index (χ2v) is 5.54. The molecule has 0 saturated carbocycles. The first-order valence-electron chi connectivity index (χ1n) is 6.76. The number of amides is 1. The zero-order valence-corrected chi connectivity index (χ0v) is 13.6. The van der Waals surface area contributed by atoms with Crippen LogP contribution in [0.5, 0.6) is 11.5 Å². The van der Waals surface area contributed by atoms with E-state index in [4.69, 9.17) is 27.9 Å². The summed E-state index contributed by atoms with van der Waals surface area (Å²) in [5.74, 6) is 0.775. The van der Waals surface area contributed by atoms with Gasteiger partial charge in [-0.2, -0.15) is 0 Å². The van der Waals surface area contributed by atoms with Crippen LogP contribution in [0.2, 0.25) is 10.0 Å². The molecule has 1 aromatic carbocycles. The molecule has 0 aliphatic rings. The smallest absolute Gasteiger partial charge is 0.257 e. The summed E-state index contributed by atoms with van der Waals surface area (Å²) in [4.78, 5) is 24.1. The monoisotopic (exact) mass is 360 g/mol. The molecule has 8 heteroatoms. The van der Waals surface area contributed by atoms with Gasteiger partial charge in [-0.05, 0) is 30.3 Å². The maximum atomic E-state index is 12.3. The van der Waals surface area contributed by atoms with Gasteiger partial charge in [0.25, 0.3) is 5.91 Å². The van der Waals surface area contributed by atoms with Crippen LogP contribution in [-0.4, -0.2) is 20.9 Å². The van der Waals surface area contributed by atoms with Crippen molar-refractivity contribution in [1.82, 2.24) is 15.0 Å². The normalized spacial score (nSPS) is 10.2. The van der Waals surface area contributed by atoms with Gasteiger partial charge in [0.15, 0.2) is 5.75 Å². The molecule has 2 aromatic heterocycles. The number of carbonyl (C=O) groups excluding carboxylic acids is 1. The Morgan fingerprint density at radius 3 is 2.54 bits per heavy atom. The topological polar surface area (TPSA) is 77.0 Å². The van der Waals surface area contributed by atoms with Gasteiger partial charge < -0.3 is 10.1 Å². The fourth-order valence-corrected chi connectivity index (χ4v) is 2.27. The molecule has 0 bridgehead atoms. The molecule has 0 spiro atoms. The SMILES string of the molecule is O=C(Nc1cc(Cl)ccn1)c1cc(Cl)cc(Oc2cncnc2)c1. The molecule has 0 unspecified atom stereocenters. The third kappa shape index (κ3) is 4.18. The molecule has 24 heavy (non-hydrogen) atoms. The predicted molar refractivity (Wildman–Crippen MR) is 90.8 cm³/mol. The number of carbonyl (C=O) groups is 1. The third-order valence-electron chi connectivity index (χ3n) is 2.87. The Morgan fingerprint density at radius 1 is 1.00 bits per heavy atom. The van der Waals surface area contributed by atoms with E-state index in [1.54, 1.807) is 24.3 Å². The summed E-state index contributed by atoms with van der Waals surface area (Å²) < 4.78 is 5.59. The number of halogens is 2. The highest BCUT2D eigenvalue weighted by Gasteiger charge is 2.11. The van der Waals surface area contributed by atoms with Crippen LogP contribution in [0.1, 0.15) is 10.4 Å². The van der Waals surface area contributed by atoms with Crippen molar-refractivity contribution in [1.29, 1.82) is 0 Å². The summed E-state index contributed by atoms with van der Waals surface area (Å²) in [5, 5.41) is 3.47. The van der Waals surface area contributed by atoms with Crippen LogP contribution in [-0.2, 0) is 0 Å². The molecular formula is C16H10Cl2N4O2. The van der Waals surface area contributed by atoms with Crippen molar-refractivity contribution in [3.05, 3.63) is 70.9 Å². The minimum absolute atomic E-state index is 0.316. The number of aromatic nitrogens is 3. The lowest BCUT2D eigenvalue weighted by molar-refractivity contribution is 0.102. The van der Waals surface area contributed by atoms with Gasteiger partial charge in [0.2, 0.25) is 0 Å². The highest BCUT2D eigenvalue weighted by Crippen LogP contribution is 2.26. The van der Waals surface area contributed by atoms with Crippen LogP contribution >= 0.6 is 23.2 Å². The second kappa shape index (κ2) is 7.25. The number of pyridine rings is 1. The van der Waals surface area contributed by atoms with Gasteiger partial charge in [-0.15, -0.1) is 0 Å². The first-order chi connectivity index (χ1) is 11.6. The van der Waals surface area contributed by atoms with Crippen LogP contribution in [0.15, 0.2) is 55.2 Å². The molecule has 1 amide bonds. The van der Waals surface area contributed by atoms with Gasteiger partial charge in [0.05, 0.1) is 12.4 Å². The number of ether oxygens (including phenoxy) is 1. The van der Waals surface area contributed by atoms with E-state index in [0.29, 0.717) is 32.9 Å². The molecule has 3 aromatic rings. The summed E-state index contributed by atoms with van der Waals surface area (Å²) in [6.45, 7) is 0. The average Bonchev–Trinajstić information content (AvgIpc) is 2.55. The molecule has 6 nitrogen and oxygen atoms in total. The molecule has 0 radical (unpaired) electrons. The molecule has 2 heterocycles. The maximum absolute atomic E-state index is 12.3. The van der Waals surface area contributed by atoms with E-state index < -0.39 is 0 Å². The predicted octanol–water partition coefficient (Wildman–Crippen LogP) is 4.22. The van der Waals surface area contributed by atoms with Crippen molar-refractivity contribution in [2.75, 3.05) is 5.32 Å². The minimum atomic E-state index is -0.388. The Hall–Kier alpha value is -2.70. The standard InChI is InChI=1S/C16H10Cl2N4O2/c17-11-1-2-21-15(6-11)22-16(23)10-3-12(18)5-13(4-10)24-14-7-19-9-20-8-14/h1-9H,(H,21,22,23). The van der Waals surface area contributed by atoms with Gasteiger partial charge in [-0.3, -0.25) is 4.79 Å². The number of benzene rings is 1. The van der Waals surface area contributed by atoms with Crippen LogP contribution in [0.25, 0.3) is 0 Å². The van der Waals surface area contributed by atoms with Crippen molar-refractivity contribution >= 4 is 34.9 Å². The van der Waals surface area contributed by atoms with Crippen LogP contribution in [0.4, 0.5) is 5.82 Å². The van der Waals surface area contributed by atoms with E-state index in [-0.39, 0.29) is 5.91 Å². The molecule has 1 N–H and O–H groups in total. The summed E-state index contributed by atoms with van der Waals surface area (Å²) in [6.07, 6.45) is 5.90. The molecular weight excluding hydrogens is 351 g/mol. The fraction of sp³-hybridized carbons (Fsp3) is 0. The Balaban J connectivity index is 1.81. The molecule has 0 fully saturated rings. The van der Waals surface area contributed by atoms with Crippen molar-refractivity contribution in [2.45, 2.75) is 0 Å². The number of anilines is 1. The molecule has 0 saturated heterocycles. The number of hydrogen-bond donors (Lipinski definition) is 1. The summed E-state index contributed by atoms with van der Waals surface area (Å²) in [5.41, 5.74) is 0.316. The van der Waals surface area contributed by atoms with Crippen molar-refractivity contribution in [3.63, 3.8) is 0 Å². The molecule has 3 rings (SSSR count). The van der Waals surface area contributed by atoms with E-state index in [2.05, 4.69) is 20.3 Å². The average molecular weight is 361 g/mol. The van der Waals surface area contributed by atoms with E-state index in [1.165, 1.54) is 31.0 Å². The van der Waals surface area contributed by atoms with E-state index in [9.17, 15) is 4.79 Å². The Bertz CT molecular complexity index is 875. The lowest BCUT2D eigenvalue weighted by Gasteiger charge is -2.09. The first kappa shape index (κ1) is 16.2. The largest absolute Gasteiger partial charge is 0.454 e. The Labute approximate surface area is 147 Å². The number of nitrogens with zero attached hydrogens (tertiary/aromatic N) is 3. The maximum Gasteiger partial charge on any atom is 0.257 e. The highest BCUT2D eigenvalue weighted by molar-refractivity contribution is 6.31. The summed E-state index contributed by atoms with van der Waals surface area (Å²) in [7, 11) is 0. The van der Waals surface area contributed by atoms with Gasteiger partial charge in [0, 0.05) is 21.8 Å². The summed E-state index contributed by atoms with van der Waals surface area (Å²) >= 11 is 11.9. The lowest BCUT2D eigenvalue weighted by atomic mass is 10.2. The zero-order chi connectivity index (χ0) is 16.9. The van der Waals surface area contributed by atoms with Crippen LogP contribution in [0.3, 0.4) is 0 Å². The minimum Gasteiger partial charge on any atom is -0.454 e. The number of nitrogens with one attached hydrogen (secondary N) is 1. The van der Waals surface area contributed by atoms with Crippen molar-refractivity contribution in [3.8, 4) is 11.5 Å². The van der Waals surface area contributed by atoms with Crippen LogP contribution < -0.4 is 10.1 Å². The van der Waals surface area contributed by atoms with Gasteiger partial charge >= 0.3 is 0 Å². The third-order valence-corrected chi connectivity index (χ3v) is 3.32. The second-order valence-electron chi connectivity index (χ2n) is 4.67. The number of hydrogen-bond acceptors (Lipinski definition) is 5. The number of rotatable bonds is 4. The van der Waals surface area contributed by atoms with Crippen LogP contribution in [0, 0.1) is 0 Å². The van der Waals surface area contributed by atoms with E-state index >= 15 is 0 Å². The lowest BCUT2D eigenvalue weighted by Crippen LogP contribution is -2.13. The van der Waals surface area contributed by atoms with Crippen molar-refractivity contribution in [2.24, 2.45) is 0 Å². The molecule has 120 valence electrons. The Morgan fingerprint density at radius 2 is 1.79 bits per heavy atom. The summed E-state index contributed by atoms with van der Waals surface area (Å²) in [6, 6.07) is 7.82. The fourth-order valence-electron chi connectivity index (χ4n) is 1.89. The highest BCUT2D eigenvalue weighted by atomic mass is 35.5. The quantitative estimate of drug-likeness (QED) is 0.753. The molecule has 0 atom stereocenters. The van der Waals surface area contributed by atoms with Gasteiger partial charge in [0.1, 0.15) is 17.9 Å². The zero-order valence-electron chi connectivity index (χ0n) is 12.1. The van der Waals surface area contributed by atoms with E-state index in [0.717, 1.165) is 0 Å². The molecule has 0 aliphatic heterocycles. The Kier molecular flexibility index (Phi) is 4.88. The van der Waals surface area contributed by atoms with Gasteiger partial charge in [-0.1, -0.05) is 23.2 Å². The van der Waals surface area contributed by atoms with E-state index in [1.807, 2.05) is 0 Å². The van der Waals surface area contributed by atoms with Crippen molar-refractivity contribution < 1.29 is 9.53 Å².